The normalized spacial score (nSPS) is 29.1. The summed E-state index contributed by atoms with van der Waals surface area (Å²) in [5, 5.41) is 7.89. The van der Waals surface area contributed by atoms with Gasteiger partial charge in [0.25, 0.3) is 0 Å². The van der Waals surface area contributed by atoms with Crippen molar-refractivity contribution in [1.82, 2.24) is 0 Å². The van der Waals surface area contributed by atoms with Crippen molar-refractivity contribution in [2.75, 3.05) is 0 Å². The standard InChI is InChI=1S/2C14H24.C11H22.C10H14.C10H20.3C9H18.C8H16.C4H7N.C3H8/c1-13(2,3)14-7-10-4-11(8-14)6-12(5-10)9-14;1-14(2,3)13-11-5-9-4-10(7-11)8-12(13)6-9;1-10(2)11-8-6-4-3-5-7-9-11;1-9(2)8-10-6-4-3-5-7-10;1-9(2)10-7-5-3-4-6-8-10;1-8(2)9(3)6-4-5-7-9;2*1-8(2)9-6-4-3-5-7-9;1-7(2)8-5-3-4-6-8;1-4(2)3-5;1-3-2/h10-12H,4-9H2,1-3H3;9-13H,4-8H2,1-3H3;10-11H,3-9H2,1-2H3;3-7,9H,8H2,1-2H3;9-10H,3-8H2,1-2H3;8H,4-7H2,1-3H3;2*8-9H,3-7H2,1-2H3;7-8H,3-6H2,1-2H3;4H,1-2H3;3H2,1-2H3/i;;;;;;9D;;;;3D. The highest BCUT2D eigenvalue weighted by Gasteiger charge is 2.56. The lowest BCUT2D eigenvalue weighted by atomic mass is 9.43. The first-order valence-electron chi connectivity index (χ1n) is 47.3. The highest BCUT2D eigenvalue weighted by Crippen LogP contribution is 2.66. The molecule has 0 heterocycles. The largest absolute Gasteiger partial charge is 0.198 e. The van der Waals surface area contributed by atoms with Crippen molar-refractivity contribution in [3.8, 4) is 6.07 Å². The number of hydrogen-bond donors (Lipinski definition) is 0. The van der Waals surface area contributed by atoms with Crippen LogP contribution < -0.4 is 0 Å². The van der Waals surface area contributed by atoms with Gasteiger partial charge in [-0.15, -0.1) is 0 Å². The van der Waals surface area contributed by atoms with Crippen LogP contribution in [0.5, 0.6) is 0 Å². The molecule has 14 saturated carbocycles. The van der Waals surface area contributed by atoms with Crippen LogP contribution in [0.15, 0.2) is 30.3 Å². The molecule has 0 N–H and O–H groups in total. The second kappa shape index (κ2) is 50.5. The molecule has 598 valence electrons. The maximum Gasteiger partial charge on any atom is 0.0649 e. The molecule has 0 spiro atoms. The molecule has 1 heteroatoms. The highest BCUT2D eigenvalue weighted by molar-refractivity contribution is 5.15. The average molecular weight is 1420 g/mol. The van der Waals surface area contributed by atoms with E-state index in [-0.39, 0.29) is 18.2 Å². The summed E-state index contributed by atoms with van der Waals surface area (Å²) in [7, 11) is 0. The lowest BCUT2D eigenvalue weighted by Gasteiger charge is -2.62. The van der Waals surface area contributed by atoms with Gasteiger partial charge < -0.3 is 0 Å². The lowest BCUT2D eigenvalue weighted by molar-refractivity contribution is -0.113. The Hall–Kier alpha value is -1.29. The van der Waals surface area contributed by atoms with Crippen LogP contribution in [0.1, 0.15) is 457 Å². The molecule has 1 aromatic rings. The van der Waals surface area contributed by atoms with Gasteiger partial charge in [0.05, 0.1) is 6.07 Å². The first kappa shape index (κ1) is 91.3. The quantitative estimate of drug-likeness (QED) is 0.238. The molecule has 102 heavy (non-hydrogen) atoms. The van der Waals surface area contributed by atoms with Gasteiger partial charge in [-0.05, 0) is 249 Å². The van der Waals surface area contributed by atoms with E-state index in [1.807, 2.05) is 33.8 Å². The second-order valence-corrected chi connectivity index (χ2v) is 42.4. The van der Waals surface area contributed by atoms with Crippen molar-refractivity contribution in [1.29, 1.82) is 5.26 Å². The minimum atomic E-state index is -0.0712. The maximum atomic E-state index is 8.08. The molecule has 8 bridgehead atoms. The van der Waals surface area contributed by atoms with E-state index in [9.17, 15) is 0 Å². The molecule has 0 atom stereocenters. The minimum Gasteiger partial charge on any atom is -0.198 e. The molecule has 0 aliphatic heterocycles. The number of hydrogen-bond acceptors (Lipinski definition) is 1. The Bertz CT molecular complexity index is 2190. The van der Waals surface area contributed by atoms with Crippen LogP contribution >= 0.6 is 0 Å². The molecule has 15 rings (SSSR count). The van der Waals surface area contributed by atoms with Crippen LogP contribution in [0, 0.1) is 157 Å². The fourth-order valence-corrected chi connectivity index (χ4v) is 22.4. The summed E-state index contributed by atoms with van der Waals surface area (Å²) in [5.74, 6) is 19.1. The Labute approximate surface area is 647 Å². The lowest BCUT2D eigenvalue weighted by Crippen LogP contribution is -2.51. The van der Waals surface area contributed by atoms with Gasteiger partial charge in [-0.25, -0.2) is 0 Å². The monoisotopic (exact) mass is 1420 g/mol. The van der Waals surface area contributed by atoms with Crippen molar-refractivity contribution < 1.29 is 2.74 Å². The SMILES string of the molecule is CC(C)(C)C12CC3CC(CC(C3)C1)C2.CC(C)(C)C1C2CC3CC(C2)CC1C3.CC(C)C#N.CC(C)C1(C)CCCC1.CC(C)C1CCCC1.CC(C)C1CCCCC1.CC(C)C1CCCCCC1.CC(C)C1CCCCCCC1.CC(C)Cc1ccccc1.[2H]C(C)C.[2H]C1(C(C)C)CCCCC1. The van der Waals surface area contributed by atoms with Gasteiger partial charge in [0.15, 0.2) is 0 Å². The smallest absolute Gasteiger partial charge is 0.0649 e. The fourth-order valence-electron chi connectivity index (χ4n) is 22.4. The molecule has 0 saturated heterocycles. The molecule has 0 aromatic heterocycles. The topological polar surface area (TPSA) is 23.8 Å². The summed E-state index contributed by atoms with van der Waals surface area (Å²) in [4.78, 5) is 0. The molecule has 14 aliphatic carbocycles. The first-order chi connectivity index (χ1) is 48.8. The summed E-state index contributed by atoms with van der Waals surface area (Å²) in [6.45, 7) is 57.2. The number of benzene rings is 1. The van der Waals surface area contributed by atoms with Gasteiger partial charge in [0.1, 0.15) is 0 Å². The number of nitriles is 1. The minimum absolute atomic E-state index is 0.0712. The van der Waals surface area contributed by atoms with Gasteiger partial charge in [0.2, 0.25) is 0 Å². The molecule has 0 amide bonds. The van der Waals surface area contributed by atoms with Crippen LogP contribution in [-0.2, 0) is 6.42 Å². The predicted octanol–water partition coefficient (Wildman–Crippen LogP) is 33.9. The molecular weight excluding hydrogens is 1230 g/mol. The molecular formula is C101H189N. The first-order valence-corrected chi connectivity index (χ1v) is 46.2. The molecule has 1 aromatic carbocycles. The van der Waals surface area contributed by atoms with Gasteiger partial charge in [0, 0.05) is 8.66 Å². The van der Waals surface area contributed by atoms with E-state index in [0.29, 0.717) is 22.2 Å². The van der Waals surface area contributed by atoms with Crippen LogP contribution in [0.25, 0.3) is 0 Å². The zero-order valence-corrected chi connectivity index (χ0v) is 74.4. The zero-order chi connectivity index (χ0) is 77.8. The van der Waals surface area contributed by atoms with Crippen LogP contribution in [0.4, 0.5) is 0 Å². The molecule has 1 nitrogen and oxygen atoms in total. The van der Waals surface area contributed by atoms with E-state index in [4.69, 9.17) is 8.00 Å². The Kier molecular flexibility index (Phi) is 45.2. The van der Waals surface area contributed by atoms with Crippen molar-refractivity contribution in [2.24, 2.45) is 146 Å². The zero-order valence-electron chi connectivity index (χ0n) is 76.4. The van der Waals surface area contributed by atoms with E-state index < -0.39 is 0 Å². The Morgan fingerprint density at radius 3 is 0.951 bits per heavy atom. The molecule has 0 radical (unpaired) electrons. The van der Waals surface area contributed by atoms with E-state index in [1.165, 1.54) is 198 Å². The van der Waals surface area contributed by atoms with Gasteiger partial charge in [-0.2, -0.15) is 5.26 Å². The third-order valence-corrected chi connectivity index (χ3v) is 28.9. The van der Waals surface area contributed by atoms with Crippen LogP contribution in [-0.4, -0.2) is 0 Å². The second-order valence-electron chi connectivity index (χ2n) is 42.4. The van der Waals surface area contributed by atoms with E-state index in [2.05, 4.69) is 176 Å². The summed E-state index contributed by atoms with van der Waals surface area (Å²) in [6, 6.07) is 12.6. The van der Waals surface area contributed by atoms with E-state index in [1.54, 1.807) is 70.6 Å². The summed E-state index contributed by atoms with van der Waals surface area (Å²) < 4.78 is 14.7. The average Bonchev–Trinajstić information content (AvgIpc) is 0.767. The van der Waals surface area contributed by atoms with Crippen molar-refractivity contribution >= 4 is 0 Å². The molecule has 0 unspecified atom stereocenters. The third kappa shape index (κ3) is 36.9. The van der Waals surface area contributed by atoms with Crippen LogP contribution in [0.2, 0.25) is 0 Å². The Morgan fingerprint density at radius 1 is 0.422 bits per heavy atom. The van der Waals surface area contributed by atoms with Gasteiger partial charge in [-0.3, -0.25) is 0 Å². The summed E-state index contributed by atoms with van der Waals surface area (Å²) >= 11 is 0. The van der Waals surface area contributed by atoms with Crippen molar-refractivity contribution in [2.45, 2.75) is 456 Å². The third-order valence-electron chi connectivity index (χ3n) is 28.9. The predicted molar refractivity (Wildman–Crippen MR) is 459 cm³/mol. The number of rotatable bonds is 8. The van der Waals surface area contributed by atoms with Crippen molar-refractivity contribution in [3.05, 3.63) is 35.9 Å². The van der Waals surface area contributed by atoms with Gasteiger partial charge in [-0.1, -0.05) is 382 Å². The summed E-state index contributed by atoms with van der Waals surface area (Å²) in [6.07, 6.45) is 63.5. The van der Waals surface area contributed by atoms with Crippen molar-refractivity contribution in [3.63, 3.8) is 0 Å². The summed E-state index contributed by atoms with van der Waals surface area (Å²) in [5.41, 5.74) is 4.00. The number of nitrogens with zero attached hydrogens (tertiary/aromatic N) is 1. The van der Waals surface area contributed by atoms with Gasteiger partial charge >= 0.3 is 0 Å². The Balaban J connectivity index is 0.000000301. The fraction of sp³-hybridized carbons (Fsp3) is 0.931. The highest BCUT2D eigenvalue weighted by atomic mass is 14.6. The van der Waals surface area contributed by atoms with E-state index >= 15 is 0 Å². The maximum absolute atomic E-state index is 8.08. The Morgan fingerprint density at radius 2 is 0.706 bits per heavy atom. The van der Waals surface area contributed by atoms with E-state index in [0.717, 1.165) is 125 Å². The molecule has 14 aliphatic rings. The van der Waals surface area contributed by atoms with Crippen LogP contribution in [0.3, 0.4) is 0 Å². The molecule has 14 fully saturated rings.